The molecule has 10 nitrogen and oxygen atoms in total. The Kier molecular flexibility index (Phi) is 10.1. The third kappa shape index (κ3) is 7.56. The number of halogens is 1. The second-order valence-corrected chi connectivity index (χ2v) is 9.43. The molecule has 0 radical (unpaired) electrons. The average Bonchev–Trinajstić information content (AvgIpc) is 3.42. The molecule has 0 fully saturated rings. The first kappa shape index (κ1) is 30.8. The van der Waals surface area contributed by atoms with Crippen LogP contribution in [0.15, 0.2) is 72.7 Å². The van der Waals surface area contributed by atoms with Gasteiger partial charge in [0.2, 0.25) is 0 Å². The molecule has 3 aromatic heterocycles. The number of anilines is 1. The molecule has 4 rings (SSSR count). The van der Waals surface area contributed by atoms with Gasteiger partial charge in [-0.3, -0.25) is 14.8 Å². The maximum atomic E-state index is 15.3. The summed E-state index contributed by atoms with van der Waals surface area (Å²) in [7, 11) is 3.17. The van der Waals surface area contributed by atoms with E-state index >= 15 is 4.39 Å². The van der Waals surface area contributed by atoms with E-state index in [0.717, 1.165) is 16.9 Å². The molecule has 43 heavy (non-hydrogen) atoms. The van der Waals surface area contributed by atoms with Crippen molar-refractivity contribution in [2.45, 2.75) is 34.1 Å². The molecule has 0 bridgehead atoms. The fourth-order valence-corrected chi connectivity index (χ4v) is 4.06. The van der Waals surface area contributed by atoms with E-state index in [-0.39, 0.29) is 22.9 Å². The lowest BCUT2D eigenvalue weighted by Crippen LogP contribution is -2.15. The zero-order valence-corrected chi connectivity index (χ0v) is 25.0. The first-order valence-corrected chi connectivity index (χ1v) is 13.6. The van der Waals surface area contributed by atoms with E-state index in [0.29, 0.717) is 35.9 Å². The lowest BCUT2D eigenvalue weighted by molar-refractivity contribution is 0.101. The minimum absolute atomic E-state index is 0.0117. The molecule has 1 amide bonds. The van der Waals surface area contributed by atoms with Crippen molar-refractivity contribution in [2.24, 2.45) is 0 Å². The maximum Gasteiger partial charge on any atom is 0.280 e. The standard InChI is InChI=1S/C32H34FN5O5/c1-7-42-30-19-38(28-18-34-14-12-20(28)2)37-31(30)32(39)36-26-11-9-23(17-25(26)33)43-29-13-15-35-27(16-22(4)41-6)24(29)10-8-21(3)40-5/h8-9,11-19H,7,10H2,1-6H3,(H,36,39)/b21-8+,22-16+. The third-order valence-corrected chi connectivity index (χ3v) is 6.49. The number of amides is 1. The molecule has 1 N–H and O–H groups in total. The van der Waals surface area contributed by atoms with Crippen LogP contribution in [-0.2, 0) is 15.9 Å². The third-order valence-electron chi connectivity index (χ3n) is 6.49. The van der Waals surface area contributed by atoms with E-state index in [1.54, 1.807) is 64.1 Å². The van der Waals surface area contributed by atoms with Crippen molar-refractivity contribution < 1.29 is 28.1 Å². The summed E-state index contributed by atoms with van der Waals surface area (Å²) in [5, 5.41) is 6.99. The highest BCUT2D eigenvalue weighted by Gasteiger charge is 2.21. The first-order valence-electron chi connectivity index (χ1n) is 13.6. The molecule has 0 saturated carbocycles. The van der Waals surface area contributed by atoms with Crippen molar-refractivity contribution >= 4 is 17.7 Å². The molecular formula is C32H34FN5O5. The summed E-state index contributed by atoms with van der Waals surface area (Å²) in [5.74, 6) is 1.06. The number of carbonyl (C=O) groups is 1. The zero-order valence-electron chi connectivity index (χ0n) is 25.0. The van der Waals surface area contributed by atoms with Crippen LogP contribution in [0.3, 0.4) is 0 Å². The van der Waals surface area contributed by atoms with Gasteiger partial charge in [-0.15, -0.1) is 0 Å². The SMILES string of the molecule is CCOc1cn(-c2cnccc2C)nc1C(=O)Nc1ccc(Oc2ccnc(/C=C(\C)OC)c2C/C=C(\C)OC)cc1F. The summed E-state index contributed by atoms with van der Waals surface area (Å²) in [5.41, 5.74) is 2.98. The number of allylic oxidation sites excluding steroid dienone is 3. The van der Waals surface area contributed by atoms with E-state index in [2.05, 4.69) is 20.4 Å². The van der Waals surface area contributed by atoms with Gasteiger partial charge in [0.1, 0.15) is 17.3 Å². The van der Waals surface area contributed by atoms with Gasteiger partial charge in [0.25, 0.3) is 5.91 Å². The average molecular weight is 588 g/mol. The van der Waals surface area contributed by atoms with E-state index in [1.165, 1.54) is 16.8 Å². The lowest BCUT2D eigenvalue weighted by Gasteiger charge is -2.14. The van der Waals surface area contributed by atoms with Crippen LogP contribution in [0.1, 0.15) is 48.1 Å². The predicted octanol–water partition coefficient (Wildman–Crippen LogP) is 6.65. The van der Waals surface area contributed by atoms with Crippen LogP contribution in [0.5, 0.6) is 17.2 Å². The van der Waals surface area contributed by atoms with E-state index in [9.17, 15) is 4.79 Å². The van der Waals surface area contributed by atoms with Gasteiger partial charge in [-0.05, 0) is 70.0 Å². The number of nitrogens with one attached hydrogen (secondary N) is 1. The second-order valence-electron chi connectivity index (χ2n) is 9.43. The van der Waals surface area contributed by atoms with E-state index in [1.807, 2.05) is 32.9 Å². The van der Waals surface area contributed by atoms with Crippen molar-refractivity contribution in [3.05, 3.63) is 101 Å². The van der Waals surface area contributed by atoms with Crippen molar-refractivity contribution in [1.82, 2.24) is 19.7 Å². The molecule has 224 valence electrons. The van der Waals surface area contributed by atoms with Gasteiger partial charge in [-0.1, -0.05) is 0 Å². The summed E-state index contributed by atoms with van der Waals surface area (Å²) in [6, 6.07) is 7.73. The molecule has 3 heterocycles. The highest BCUT2D eigenvalue weighted by atomic mass is 19.1. The summed E-state index contributed by atoms with van der Waals surface area (Å²) in [6.07, 6.45) is 10.7. The molecule has 0 aliphatic heterocycles. The van der Waals surface area contributed by atoms with Gasteiger partial charge < -0.3 is 24.3 Å². The molecular weight excluding hydrogens is 553 g/mol. The highest BCUT2D eigenvalue weighted by Crippen LogP contribution is 2.31. The Balaban J connectivity index is 1.59. The molecule has 0 aliphatic rings. The van der Waals surface area contributed by atoms with Crippen molar-refractivity contribution in [3.63, 3.8) is 0 Å². The molecule has 0 atom stereocenters. The Morgan fingerprint density at radius 2 is 1.86 bits per heavy atom. The summed E-state index contributed by atoms with van der Waals surface area (Å²) < 4.78 is 39.1. The van der Waals surface area contributed by atoms with Crippen molar-refractivity contribution in [2.75, 3.05) is 26.1 Å². The maximum absolute atomic E-state index is 15.3. The fraction of sp³-hybridized carbons (Fsp3) is 0.250. The predicted molar refractivity (Wildman–Crippen MR) is 161 cm³/mol. The Bertz CT molecular complexity index is 1660. The number of carbonyl (C=O) groups excluding carboxylic acids is 1. The molecule has 0 spiro atoms. The first-order chi connectivity index (χ1) is 20.7. The van der Waals surface area contributed by atoms with Crippen LogP contribution < -0.4 is 14.8 Å². The van der Waals surface area contributed by atoms with Crippen molar-refractivity contribution in [3.8, 4) is 22.9 Å². The summed E-state index contributed by atoms with van der Waals surface area (Å²) in [6.45, 7) is 7.69. The minimum Gasteiger partial charge on any atom is -0.502 e. The number of aromatic nitrogens is 4. The van der Waals surface area contributed by atoms with Crippen molar-refractivity contribution in [1.29, 1.82) is 0 Å². The minimum atomic E-state index is -0.688. The number of benzene rings is 1. The molecule has 4 aromatic rings. The molecule has 11 heteroatoms. The fourth-order valence-electron chi connectivity index (χ4n) is 4.06. The van der Waals surface area contributed by atoms with E-state index < -0.39 is 11.7 Å². The molecule has 0 aliphatic carbocycles. The number of pyridine rings is 2. The smallest absolute Gasteiger partial charge is 0.280 e. The molecule has 1 aromatic carbocycles. The van der Waals surface area contributed by atoms with Gasteiger partial charge in [0.15, 0.2) is 11.4 Å². The Morgan fingerprint density at radius 3 is 2.56 bits per heavy atom. The summed E-state index contributed by atoms with van der Waals surface area (Å²) >= 11 is 0. The largest absolute Gasteiger partial charge is 0.502 e. The van der Waals surface area contributed by atoms with Gasteiger partial charge in [0, 0.05) is 30.1 Å². The van der Waals surface area contributed by atoms with Crippen LogP contribution in [0.25, 0.3) is 11.8 Å². The van der Waals surface area contributed by atoms with Gasteiger partial charge in [0.05, 0.1) is 61.8 Å². The lowest BCUT2D eigenvalue weighted by atomic mass is 10.1. The van der Waals surface area contributed by atoms with Gasteiger partial charge >= 0.3 is 0 Å². The van der Waals surface area contributed by atoms with Gasteiger partial charge in [-0.2, -0.15) is 5.10 Å². The van der Waals surface area contributed by atoms with Gasteiger partial charge in [-0.25, -0.2) is 9.07 Å². The molecule has 0 saturated heterocycles. The topological polar surface area (TPSA) is 110 Å². The normalized spacial score (nSPS) is 11.7. The monoisotopic (exact) mass is 587 g/mol. The van der Waals surface area contributed by atoms with Crippen LogP contribution in [-0.4, -0.2) is 46.5 Å². The van der Waals surface area contributed by atoms with Crippen LogP contribution in [0.2, 0.25) is 0 Å². The van der Waals surface area contributed by atoms with Crippen LogP contribution in [0.4, 0.5) is 10.1 Å². The van der Waals surface area contributed by atoms with Crippen LogP contribution in [0, 0.1) is 12.7 Å². The Labute approximate surface area is 249 Å². The molecule has 0 unspecified atom stereocenters. The number of aryl methyl sites for hydroxylation is 1. The number of hydrogen-bond donors (Lipinski definition) is 1. The summed E-state index contributed by atoms with van der Waals surface area (Å²) in [4.78, 5) is 21.8. The zero-order chi connectivity index (χ0) is 30.9. The highest BCUT2D eigenvalue weighted by molar-refractivity contribution is 6.04. The number of methoxy groups -OCH3 is 2. The Morgan fingerprint density at radius 1 is 1.07 bits per heavy atom. The number of hydrogen-bond acceptors (Lipinski definition) is 8. The second kappa shape index (κ2) is 14.1. The Hall–Kier alpha value is -5.19. The van der Waals surface area contributed by atoms with Crippen LogP contribution >= 0.6 is 0 Å². The number of nitrogens with zero attached hydrogens (tertiary/aromatic N) is 4. The quantitative estimate of drug-likeness (QED) is 0.184. The number of ether oxygens (including phenoxy) is 4. The van der Waals surface area contributed by atoms with E-state index in [4.69, 9.17) is 18.9 Å². The number of rotatable bonds is 12.